The molecule has 0 rings (SSSR count). The Kier molecular flexibility index (Phi) is 11.0. The van der Waals surface area contributed by atoms with E-state index in [0.29, 0.717) is 5.92 Å². The molecule has 0 saturated heterocycles. The van der Waals surface area contributed by atoms with Gasteiger partial charge in [0.25, 0.3) is 0 Å². The van der Waals surface area contributed by atoms with E-state index in [1.54, 1.807) is 0 Å². The Morgan fingerprint density at radius 3 is 1.70 bits per heavy atom. The molecule has 0 fully saturated rings. The van der Waals surface area contributed by atoms with Crippen molar-refractivity contribution in [2.24, 2.45) is 21.8 Å². The highest BCUT2D eigenvalue weighted by Crippen LogP contribution is 2.24. The van der Waals surface area contributed by atoms with Crippen molar-refractivity contribution in [2.75, 3.05) is 0 Å². The molecule has 0 aromatic heterocycles. The SMILES string of the molecule is C=NC(C)(C)C(C)CCC.C=NC(C)(C)CCC(C)C. The zero-order valence-corrected chi connectivity index (χ0v) is 15.3. The van der Waals surface area contributed by atoms with Crippen molar-refractivity contribution < 1.29 is 0 Å². The number of rotatable bonds is 8. The molecule has 2 heteroatoms. The van der Waals surface area contributed by atoms with Crippen molar-refractivity contribution in [2.45, 2.75) is 92.2 Å². The van der Waals surface area contributed by atoms with Crippen LogP contribution in [0.15, 0.2) is 9.98 Å². The Morgan fingerprint density at radius 1 is 0.900 bits per heavy atom. The third-order valence-corrected chi connectivity index (χ3v) is 4.10. The summed E-state index contributed by atoms with van der Waals surface area (Å²) >= 11 is 0. The maximum atomic E-state index is 4.09. The summed E-state index contributed by atoms with van der Waals surface area (Å²) in [6.45, 7) is 24.6. The number of hydrogen-bond acceptors (Lipinski definition) is 2. The first-order chi connectivity index (χ1) is 9.02. The molecule has 0 aliphatic heterocycles. The zero-order valence-electron chi connectivity index (χ0n) is 15.3. The normalized spacial score (nSPS) is 13.4. The summed E-state index contributed by atoms with van der Waals surface area (Å²) in [5.41, 5.74) is 0.153. The molecule has 0 bridgehead atoms. The molecule has 0 saturated carbocycles. The summed E-state index contributed by atoms with van der Waals surface area (Å²) in [5, 5.41) is 0. The summed E-state index contributed by atoms with van der Waals surface area (Å²) in [4.78, 5) is 8.13. The monoisotopic (exact) mass is 282 g/mol. The van der Waals surface area contributed by atoms with Gasteiger partial charge in [0, 0.05) is 0 Å². The number of hydrogen-bond donors (Lipinski definition) is 0. The molecule has 0 spiro atoms. The quantitative estimate of drug-likeness (QED) is 0.502. The fourth-order valence-corrected chi connectivity index (χ4v) is 1.66. The highest BCUT2D eigenvalue weighted by atomic mass is 14.8. The van der Waals surface area contributed by atoms with Gasteiger partial charge in [-0.25, -0.2) is 0 Å². The standard InChI is InChI=1S/2C9H19N/c1-8(2)6-7-9(3,4)10-5;1-6-7-8(2)9(3,4)10-5/h2*8H,5-7H2,1-4H3. The van der Waals surface area contributed by atoms with Gasteiger partial charge in [-0.05, 0) is 72.2 Å². The molecule has 0 amide bonds. The third kappa shape index (κ3) is 11.2. The van der Waals surface area contributed by atoms with Gasteiger partial charge in [-0.1, -0.05) is 34.1 Å². The fraction of sp³-hybridized carbons (Fsp3) is 0.889. The van der Waals surface area contributed by atoms with Gasteiger partial charge in [0.05, 0.1) is 11.1 Å². The smallest absolute Gasteiger partial charge is 0.0570 e. The number of nitrogens with zero attached hydrogens (tertiary/aromatic N) is 2. The molecule has 20 heavy (non-hydrogen) atoms. The topological polar surface area (TPSA) is 24.7 Å². The van der Waals surface area contributed by atoms with Crippen molar-refractivity contribution in [3.05, 3.63) is 0 Å². The van der Waals surface area contributed by atoms with Crippen LogP contribution in [0.25, 0.3) is 0 Å². The third-order valence-electron chi connectivity index (χ3n) is 4.10. The van der Waals surface area contributed by atoms with Crippen LogP contribution >= 0.6 is 0 Å². The van der Waals surface area contributed by atoms with Crippen LogP contribution in [-0.2, 0) is 0 Å². The Morgan fingerprint density at radius 2 is 1.40 bits per heavy atom. The predicted octanol–water partition coefficient (Wildman–Crippen LogP) is 5.80. The van der Waals surface area contributed by atoms with E-state index in [1.807, 2.05) is 0 Å². The molecule has 0 aliphatic rings. The lowest BCUT2D eigenvalue weighted by Crippen LogP contribution is -2.26. The minimum Gasteiger partial charge on any atom is -0.295 e. The summed E-state index contributed by atoms with van der Waals surface area (Å²) < 4.78 is 0. The molecule has 2 nitrogen and oxygen atoms in total. The van der Waals surface area contributed by atoms with Crippen molar-refractivity contribution in [3.8, 4) is 0 Å². The Hall–Kier alpha value is -0.660. The van der Waals surface area contributed by atoms with E-state index in [4.69, 9.17) is 0 Å². The molecule has 0 N–H and O–H groups in total. The Balaban J connectivity index is 0. The molecular formula is C18H38N2. The maximum absolute atomic E-state index is 4.09. The van der Waals surface area contributed by atoms with Crippen LogP contribution < -0.4 is 0 Å². The van der Waals surface area contributed by atoms with Crippen LogP contribution in [0.5, 0.6) is 0 Å². The first-order valence-electron chi connectivity index (χ1n) is 7.98. The van der Waals surface area contributed by atoms with E-state index >= 15 is 0 Å². The molecule has 0 heterocycles. The van der Waals surface area contributed by atoms with Crippen LogP contribution in [0.1, 0.15) is 81.1 Å². The zero-order chi connectivity index (χ0) is 16.4. The lowest BCUT2D eigenvalue weighted by atomic mass is 9.86. The van der Waals surface area contributed by atoms with Gasteiger partial charge >= 0.3 is 0 Å². The molecular weight excluding hydrogens is 244 g/mol. The van der Waals surface area contributed by atoms with Gasteiger partial charge in [0.1, 0.15) is 0 Å². The second-order valence-corrected chi connectivity index (χ2v) is 7.40. The van der Waals surface area contributed by atoms with Gasteiger partial charge in [-0.2, -0.15) is 0 Å². The van der Waals surface area contributed by atoms with Crippen molar-refractivity contribution >= 4 is 13.4 Å². The summed E-state index contributed by atoms with van der Waals surface area (Å²) in [5.74, 6) is 1.43. The number of aliphatic imine (C=N–C) groups is 2. The van der Waals surface area contributed by atoms with Crippen LogP contribution in [0.2, 0.25) is 0 Å². The average molecular weight is 283 g/mol. The Bertz CT molecular complexity index is 265. The van der Waals surface area contributed by atoms with E-state index in [2.05, 4.69) is 78.8 Å². The molecule has 0 aromatic rings. The summed E-state index contributed by atoms with van der Waals surface area (Å²) in [7, 11) is 0. The van der Waals surface area contributed by atoms with Gasteiger partial charge in [-0.15, -0.1) is 0 Å². The second kappa shape index (κ2) is 10.1. The second-order valence-electron chi connectivity index (χ2n) is 7.40. The minimum absolute atomic E-state index is 0.0655. The molecule has 0 aliphatic carbocycles. The van der Waals surface area contributed by atoms with Crippen LogP contribution in [0, 0.1) is 11.8 Å². The summed E-state index contributed by atoms with van der Waals surface area (Å²) in [6, 6.07) is 0. The van der Waals surface area contributed by atoms with Crippen LogP contribution in [0.3, 0.4) is 0 Å². The first kappa shape index (κ1) is 21.6. The molecule has 1 unspecified atom stereocenters. The van der Waals surface area contributed by atoms with E-state index in [9.17, 15) is 0 Å². The average Bonchev–Trinajstić information content (AvgIpc) is 2.37. The maximum Gasteiger partial charge on any atom is 0.0570 e. The van der Waals surface area contributed by atoms with E-state index in [1.165, 1.54) is 19.3 Å². The molecule has 120 valence electrons. The van der Waals surface area contributed by atoms with Crippen molar-refractivity contribution in [1.29, 1.82) is 0 Å². The van der Waals surface area contributed by atoms with Gasteiger partial charge in [0.2, 0.25) is 0 Å². The van der Waals surface area contributed by atoms with Crippen LogP contribution in [0.4, 0.5) is 0 Å². The Labute approximate surface area is 128 Å². The minimum atomic E-state index is 0.0655. The summed E-state index contributed by atoms with van der Waals surface area (Å²) in [6.07, 6.45) is 4.87. The van der Waals surface area contributed by atoms with Gasteiger partial charge in [0.15, 0.2) is 0 Å². The predicted molar refractivity (Wildman–Crippen MR) is 95.4 cm³/mol. The van der Waals surface area contributed by atoms with Crippen molar-refractivity contribution in [1.82, 2.24) is 0 Å². The lowest BCUT2D eigenvalue weighted by molar-refractivity contribution is 0.329. The van der Waals surface area contributed by atoms with E-state index in [0.717, 1.165) is 12.3 Å². The lowest BCUT2D eigenvalue weighted by Gasteiger charge is -2.26. The molecule has 1 atom stereocenters. The van der Waals surface area contributed by atoms with E-state index in [-0.39, 0.29) is 11.1 Å². The van der Waals surface area contributed by atoms with Crippen LogP contribution in [-0.4, -0.2) is 24.5 Å². The van der Waals surface area contributed by atoms with E-state index < -0.39 is 0 Å². The van der Waals surface area contributed by atoms with Gasteiger partial charge in [-0.3, -0.25) is 9.98 Å². The molecule has 0 aromatic carbocycles. The highest BCUT2D eigenvalue weighted by Gasteiger charge is 2.22. The van der Waals surface area contributed by atoms with Gasteiger partial charge < -0.3 is 0 Å². The highest BCUT2D eigenvalue weighted by molar-refractivity contribution is 5.25. The largest absolute Gasteiger partial charge is 0.295 e. The fourth-order valence-electron chi connectivity index (χ4n) is 1.66. The first-order valence-corrected chi connectivity index (χ1v) is 7.98. The molecule has 0 radical (unpaired) electrons. The van der Waals surface area contributed by atoms with Crippen molar-refractivity contribution in [3.63, 3.8) is 0 Å².